The summed E-state index contributed by atoms with van der Waals surface area (Å²) in [6.45, 7) is 6.98. The van der Waals surface area contributed by atoms with Crippen LogP contribution in [-0.2, 0) is 0 Å². The topological polar surface area (TPSA) is 0 Å². The molecule has 15 heavy (non-hydrogen) atoms. The van der Waals surface area contributed by atoms with Gasteiger partial charge in [0.15, 0.2) is 0 Å². The van der Waals surface area contributed by atoms with Crippen LogP contribution in [0, 0.1) is 0 Å². The molecule has 0 aromatic heterocycles. The molecule has 0 heterocycles. The second-order valence-electron chi connectivity index (χ2n) is 4.70. The first-order valence-corrected chi connectivity index (χ1v) is 15.0. The average Bonchev–Trinajstić information content (AvgIpc) is 2.29. The minimum absolute atomic E-state index is 0.706. The quantitative estimate of drug-likeness (QED) is 0.536. The zero-order valence-electron chi connectivity index (χ0n) is 11.3. The Morgan fingerprint density at radius 3 is 1.33 bits per heavy atom. The molecule has 92 valence electrons. The van der Waals surface area contributed by atoms with E-state index < -0.39 is 0 Å². The molecule has 0 amide bonds. The van der Waals surface area contributed by atoms with Crippen molar-refractivity contribution in [2.75, 3.05) is 0 Å². The van der Waals surface area contributed by atoms with E-state index in [1.807, 2.05) is 0 Å². The number of unbranched alkanes of at least 4 members (excludes halogenated alkanes) is 3. The number of rotatable bonds is 10. The summed E-state index contributed by atoms with van der Waals surface area (Å²) in [6, 6.07) is 0. The zero-order chi connectivity index (χ0) is 11.6. The van der Waals surface area contributed by atoms with Crippen LogP contribution in [0.2, 0.25) is 0 Å². The summed E-state index contributed by atoms with van der Waals surface area (Å²) in [5.41, 5.74) is 0. The third-order valence-electron chi connectivity index (χ3n) is 3.39. The molecule has 0 aliphatic rings. The Balaban J connectivity index is 4.16. The molecule has 0 N–H and O–H groups in total. The van der Waals surface area contributed by atoms with Gasteiger partial charge in [-0.2, -0.15) is 0 Å². The predicted molar refractivity (Wildman–Crippen MR) is 78.8 cm³/mol. The van der Waals surface area contributed by atoms with Gasteiger partial charge in [-0.05, 0) is 0 Å². The maximum absolute atomic E-state index is 2.35. The van der Waals surface area contributed by atoms with Gasteiger partial charge in [0, 0.05) is 0 Å². The van der Waals surface area contributed by atoms with E-state index in [1.54, 1.807) is 0 Å². The second-order valence-corrected chi connectivity index (χ2v) is 9.47. The van der Waals surface area contributed by atoms with Gasteiger partial charge in [0.05, 0.1) is 0 Å². The molecule has 0 aliphatic heterocycles. The third-order valence-corrected chi connectivity index (χ3v) is 12.3. The van der Waals surface area contributed by atoms with Crippen LogP contribution in [0.15, 0.2) is 0 Å². The van der Waals surface area contributed by atoms with Gasteiger partial charge in [0.1, 0.15) is 0 Å². The summed E-state index contributed by atoms with van der Waals surface area (Å²) in [5.74, 6) is 0. The van der Waals surface area contributed by atoms with Gasteiger partial charge < -0.3 is 0 Å². The second kappa shape index (κ2) is 10.3. The van der Waals surface area contributed by atoms with Crippen LogP contribution in [0.4, 0.5) is 0 Å². The summed E-state index contributed by atoms with van der Waals surface area (Å²) in [7, 11) is 2.35. The first-order chi connectivity index (χ1) is 7.24. The van der Waals surface area contributed by atoms with Gasteiger partial charge >= 0.3 is 113 Å². The molecule has 0 aliphatic carbocycles. The van der Waals surface area contributed by atoms with Crippen LogP contribution in [0.3, 0.4) is 0 Å². The Hall–Kier alpha value is 1.15. The van der Waals surface area contributed by atoms with Gasteiger partial charge in [-0.15, -0.1) is 0 Å². The molecule has 0 saturated heterocycles. The molecule has 0 aromatic carbocycles. The van der Waals surface area contributed by atoms with Gasteiger partial charge in [0.2, 0.25) is 0 Å². The first kappa shape index (κ1) is 16.1. The maximum atomic E-state index is 2.35. The van der Waals surface area contributed by atoms with E-state index >= 15 is 0 Å². The minimum atomic E-state index is 0.706. The molecule has 0 nitrogen and oxygen atoms in total. The van der Waals surface area contributed by atoms with Crippen LogP contribution in [0.25, 0.3) is 0 Å². The van der Waals surface area contributed by atoms with Gasteiger partial charge in [-0.25, -0.2) is 0 Å². The predicted octanol–water partition coefficient (Wildman–Crippen LogP) is 4.31. The molecular formula is C13H30SSn. The Morgan fingerprint density at radius 1 is 0.800 bits per heavy atom. The Kier molecular flexibility index (Phi) is 11.1. The van der Waals surface area contributed by atoms with Crippen LogP contribution in [-0.4, -0.2) is 25.9 Å². The van der Waals surface area contributed by atoms with E-state index in [-0.39, 0.29) is 0 Å². The van der Waals surface area contributed by atoms with Gasteiger partial charge in [-0.3, -0.25) is 0 Å². The summed E-state index contributed by atoms with van der Waals surface area (Å²) in [5, 5.41) is 0. The number of hydrogen-bond donors (Lipinski definition) is 0. The van der Waals surface area contributed by atoms with Crippen molar-refractivity contribution in [1.82, 2.24) is 0 Å². The van der Waals surface area contributed by atoms with Crippen molar-refractivity contribution in [3.05, 3.63) is 0 Å². The average molecular weight is 337 g/mol. The molecule has 0 spiro atoms. The van der Waals surface area contributed by atoms with Crippen molar-refractivity contribution in [2.24, 2.45) is 0 Å². The van der Waals surface area contributed by atoms with Crippen molar-refractivity contribution in [3.8, 4) is 0 Å². The molecule has 2 heteroatoms. The molecule has 0 radical (unpaired) electrons. The fraction of sp³-hybridized carbons (Fsp3) is 1.00. The monoisotopic (exact) mass is 338 g/mol. The van der Waals surface area contributed by atoms with Crippen molar-refractivity contribution < 1.29 is 0 Å². The van der Waals surface area contributed by atoms with Crippen LogP contribution in [0.1, 0.15) is 78.6 Å². The Morgan fingerprint density at radius 2 is 1.13 bits per heavy atom. The summed E-state index contributed by atoms with van der Waals surface area (Å²) >= 11 is 0.797. The van der Waals surface area contributed by atoms with Gasteiger partial charge in [-0.1, -0.05) is 0 Å². The fourth-order valence-corrected chi connectivity index (χ4v) is 8.47. The molecule has 0 rings (SSSR count). The van der Waals surface area contributed by atoms with E-state index in [1.165, 1.54) is 57.8 Å². The molecule has 0 saturated carbocycles. The fourth-order valence-electron chi connectivity index (χ4n) is 2.18. The molecule has 0 bridgehead atoms. The van der Waals surface area contributed by atoms with Crippen molar-refractivity contribution in [1.29, 1.82) is 0 Å². The van der Waals surface area contributed by atoms with Crippen LogP contribution >= 0.6 is 8.95 Å². The van der Waals surface area contributed by atoms with Gasteiger partial charge in [0.25, 0.3) is 0 Å². The van der Waals surface area contributed by atoms with Crippen molar-refractivity contribution in [3.63, 3.8) is 0 Å². The Labute approximate surface area is 113 Å². The molecule has 0 fully saturated rings. The normalized spacial score (nSPS) is 12.2. The molecule has 0 unspecified atom stereocenters. The van der Waals surface area contributed by atoms with E-state index in [0.717, 1.165) is 21.1 Å². The van der Waals surface area contributed by atoms with Crippen LogP contribution < -0.4 is 0 Å². The molecule has 0 aromatic rings. The van der Waals surface area contributed by atoms with E-state index in [9.17, 15) is 0 Å². The summed E-state index contributed by atoms with van der Waals surface area (Å²) in [4.78, 5) is 0. The van der Waals surface area contributed by atoms with E-state index in [2.05, 4.69) is 29.7 Å². The summed E-state index contributed by atoms with van der Waals surface area (Å²) < 4.78 is 0.706. The molecular weight excluding hydrogens is 307 g/mol. The zero-order valence-corrected chi connectivity index (χ0v) is 17.8. The first-order valence-electron chi connectivity index (χ1n) is 6.79. The SMILES string of the molecule is CCCCC(CCCC)(CCCC)[S][SnH3]. The van der Waals surface area contributed by atoms with E-state index in [4.69, 9.17) is 0 Å². The van der Waals surface area contributed by atoms with Crippen molar-refractivity contribution >= 4 is 30.1 Å². The number of hydrogen-bond acceptors (Lipinski definition) is 1. The third kappa shape index (κ3) is 7.14. The molecule has 0 atom stereocenters. The standard InChI is InChI=1S/C13H28S.Sn.3H/c1-4-7-10-13(14,11-8-5-2)12-9-6-3;;;;/h14H,4-12H2,1-3H3;;;;/q;+1;;;/p-1. The summed E-state index contributed by atoms with van der Waals surface area (Å²) in [6.07, 6.45) is 12.9. The van der Waals surface area contributed by atoms with E-state index in [0.29, 0.717) is 4.75 Å². The van der Waals surface area contributed by atoms with Crippen molar-refractivity contribution in [2.45, 2.75) is 83.3 Å². The Bertz CT molecular complexity index is 115. The van der Waals surface area contributed by atoms with Crippen LogP contribution in [0.5, 0.6) is 0 Å².